The number of aromatic carboxylic acids is 1. The number of pyridine rings is 1. The number of carbonyl (C=O) groups is 1. The normalized spacial score (nSPS) is 18.0. The number of hydrogen-bond acceptors (Lipinski definition) is 7. The Morgan fingerprint density at radius 3 is 2.76 bits per heavy atom. The molecule has 0 saturated carbocycles. The SMILES string of the molecule is COc1c(C(=O)O)cnn1-c1cccc(-c2cccc(C)c2OCc2ccc3c(c2)C(C)(C)CN(C2CCOC2)C3)n1. The molecule has 9 heteroatoms. The Hall–Kier alpha value is -4.21. The maximum Gasteiger partial charge on any atom is 0.342 e. The Morgan fingerprint density at radius 1 is 1.17 bits per heavy atom. The van der Waals surface area contributed by atoms with E-state index in [2.05, 4.69) is 42.0 Å². The predicted octanol–water partition coefficient (Wildman–Crippen LogP) is 5.41. The average molecular weight is 569 g/mol. The van der Waals surface area contributed by atoms with Gasteiger partial charge in [-0.3, -0.25) is 4.90 Å². The molecule has 42 heavy (non-hydrogen) atoms. The lowest BCUT2D eigenvalue weighted by Crippen LogP contribution is -2.47. The molecule has 0 radical (unpaired) electrons. The van der Waals surface area contributed by atoms with Crippen molar-refractivity contribution in [1.29, 1.82) is 0 Å². The zero-order valence-electron chi connectivity index (χ0n) is 24.5. The first-order valence-corrected chi connectivity index (χ1v) is 14.2. The van der Waals surface area contributed by atoms with Crippen molar-refractivity contribution in [3.05, 3.63) is 88.6 Å². The van der Waals surface area contributed by atoms with Crippen molar-refractivity contribution in [3.63, 3.8) is 0 Å². The van der Waals surface area contributed by atoms with E-state index in [0.717, 1.165) is 55.2 Å². The fourth-order valence-electron chi connectivity index (χ4n) is 6.15. The van der Waals surface area contributed by atoms with Crippen LogP contribution in [-0.4, -0.2) is 63.7 Å². The van der Waals surface area contributed by atoms with Crippen LogP contribution in [0, 0.1) is 6.92 Å². The number of fused-ring (bicyclic) bond motifs is 1. The zero-order chi connectivity index (χ0) is 29.4. The number of aryl methyl sites for hydroxylation is 1. The van der Waals surface area contributed by atoms with Crippen LogP contribution in [0.15, 0.2) is 60.8 Å². The molecule has 1 fully saturated rings. The van der Waals surface area contributed by atoms with E-state index in [1.54, 1.807) is 6.07 Å². The Bertz CT molecular complexity index is 1620. The van der Waals surface area contributed by atoms with Crippen molar-refractivity contribution < 1.29 is 24.1 Å². The van der Waals surface area contributed by atoms with Crippen LogP contribution < -0.4 is 9.47 Å². The van der Waals surface area contributed by atoms with Crippen molar-refractivity contribution in [3.8, 4) is 28.7 Å². The molecule has 4 aromatic rings. The summed E-state index contributed by atoms with van der Waals surface area (Å²) in [6.07, 6.45) is 2.37. The van der Waals surface area contributed by atoms with E-state index in [9.17, 15) is 9.90 Å². The Morgan fingerprint density at radius 2 is 2.00 bits per heavy atom. The maximum atomic E-state index is 11.6. The Balaban J connectivity index is 1.26. The number of benzene rings is 2. The van der Waals surface area contributed by atoms with Gasteiger partial charge in [-0.25, -0.2) is 9.78 Å². The maximum absolute atomic E-state index is 11.6. The number of methoxy groups -OCH3 is 1. The first kappa shape index (κ1) is 27.9. The third kappa shape index (κ3) is 5.26. The van der Waals surface area contributed by atoms with Gasteiger partial charge >= 0.3 is 5.97 Å². The van der Waals surface area contributed by atoms with Gasteiger partial charge in [-0.15, -0.1) is 0 Å². The third-order valence-electron chi connectivity index (χ3n) is 8.27. The van der Waals surface area contributed by atoms with Crippen molar-refractivity contribution >= 4 is 5.97 Å². The minimum atomic E-state index is -1.12. The molecular weight excluding hydrogens is 532 g/mol. The Labute approximate surface area is 245 Å². The molecule has 0 aliphatic carbocycles. The van der Waals surface area contributed by atoms with Gasteiger partial charge in [0.2, 0.25) is 5.88 Å². The number of para-hydroxylation sites is 1. The molecule has 1 atom stereocenters. The van der Waals surface area contributed by atoms with Crippen LogP contribution in [0.2, 0.25) is 0 Å². The fourth-order valence-corrected chi connectivity index (χ4v) is 6.15. The number of ether oxygens (including phenoxy) is 3. The minimum absolute atomic E-state index is 0.0262. The second-order valence-electron chi connectivity index (χ2n) is 11.7. The number of carboxylic acid groups (broad SMARTS) is 1. The number of hydrogen-bond donors (Lipinski definition) is 1. The number of rotatable bonds is 8. The summed E-state index contributed by atoms with van der Waals surface area (Å²) in [5.74, 6) is 0.197. The second kappa shape index (κ2) is 11.2. The highest BCUT2D eigenvalue weighted by Crippen LogP contribution is 2.37. The molecule has 9 nitrogen and oxygen atoms in total. The fraction of sp³-hybridized carbons (Fsp3) is 0.364. The quantitative estimate of drug-likeness (QED) is 0.301. The molecule has 2 aromatic heterocycles. The van der Waals surface area contributed by atoms with E-state index in [0.29, 0.717) is 24.2 Å². The van der Waals surface area contributed by atoms with Gasteiger partial charge in [0.1, 0.15) is 17.9 Å². The summed E-state index contributed by atoms with van der Waals surface area (Å²) in [6.45, 7) is 10.7. The van der Waals surface area contributed by atoms with E-state index in [1.807, 2.05) is 37.3 Å². The highest BCUT2D eigenvalue weighted by atomic mass is 16.5. The lowest BCUT2D eigenvalue weighted by atomic mass is 9.77. The molecule has 6 rings (SSSR count). The molecule has 1 unspecified atom stereocenters. The average Bonchev–Trinajstić information content (AvgIpc) is 3.67. The largest absolute Gasteiger partial charge is 0.488 e. The molecule has 218 valence electrons. The van der Waals surface area contributed by atoms with E-state index in [4.69, 9.17) is 19.2 Å². The van der Waals surface area contributed by atoms with E-state index in [-0.39, 0.29) is 16.9 Å². The van der Waals surface area contributed by atoms with Gasteiger partial charge in [-0.1, -0.05) is 50.2 Å². The molecule has 4 heterocycles. The van der Waals surface area contributed by atoms with Crippen molar-refractivity contribution in [2.45, 2.75) is 51.8 Å². The topological polar surface area (TPSA) is 98.9 Å². The van der Waals surface area contributed by atoms with Gasteiger partial charge in [0.05, 0.1) is 25.6 Å². The standard InChI is InChI=1S/C33H36N4O5/c1-21-7-5-8-25(28-9-6-10-29(35-28)37-31(40-4)26(16-34-37)32(38)39)30(21)42-18-22-11-12-23-17-36(24-13-14-41-19-24)20-33(2,3)27(23)15-22/h5-12,15-16,24H,13-14,17-20H2,1-4H3,(H,38,39). The molecule has 0 spiro atoms. The van der Waals surface area contributed by atoms with Crippen LogP contribution in [0.1, 0.15) is 52.9 Å². The summed E-state index contributed by atoms with van der Waals surface area (Å²) >= 11 is 0. The van der Waals surface area contributed by atoms with Crippen molar-refractivity contribution in [1.82, 2.24) is 19.7 Å². The molecule has 2 aliphatic heterocycles. The van der Waals surface area contributed by atoms with Gasteiger partial charge in [-0.2, -0.15) is 9.78 Å². The third-order valence-corrected chi connectivity index (χ3v) is 8.27. The highest BCUT2D eigenvalue weighted by molar-refractivity contribution is 5.90. The smallest absolute Gasteiger partial charge is 0.342 e. The number of nitrogens with zero attached hydrogens (tertiary/aromatic N) is 4. The van der Waals surface area contributed by atoms with Crippen LogP contribution in [-0.2, 0) is 23.3 Å². The van der Waals surface area contributed by atoms with Gasteiger partial charge in [-0.05, 0) is 53.8 Å². The van der Waals surface area contributed by atoms with E-state index >= 15 is 0 Å². The molecule has 1 N–H and O–H groups in total. The molecule has 0 amide bonds. The van der Waals surface area contributed by atoms with Gasteiger partial charge < -0.3 is 19.3 Å². The van der Waals surface area contributed by atoms with Crippen LogP contribution >= 0.6 is 0 Å². The van der Waals surface area contributed by atoms with E-state index in [1.165, 1.54) is 29.1 Å². The molecule has 1 saturated heterocycles. The van der Waals surface area contributed by atoms with Crippen molar-refractivity contribution in [2.75, 3.05) is 26.9 Å². The first-order valence-electron chi connectivity index (χ1n) is 14.2. The molecule has 2 aromatic carbocycles. The van der Waals surface area contributed by atoms with Gasteiger partial charge in [0.15, 0.2) is 5.82 Å². The van der Waals surface area contributed by atoms with Gasteiger partial charge in [0, 0.05) is 36.7 Å². The Kier molecular flexibility index (Phi) is 7.47. The summed E-state index contributed by atoms with van der Waals surface area (Å²) < 4.78 is 18.9. The zero-order valence-corrected chi connectivity index (χ0v) is 24.5. The summed E-state index contributed by atoms with van der Waals surface area (Å²) in [6, 6.07) is 18.7. The minimum Gasteiger partial charge on any atom is -0.488 e. The van der Waals surface area contributed by atoms with E-state index < -0.39 is 5.97 Å². The first-order chi connectivity index (χ1) is 20.2. The number of aromatic nitrogens is 3. The predicted molar refractivity (Wildman–Crippen MR) is 158 cm³/mol. The summed E-state index contributed by atoms with van der Waals surface area (Å²) in [5.41, 5.74) is 6.40. The van der Waals surface area contributed by atoms with Crippen LogP contribution in [0.4, 0.5) is 0 Å². The monoisotopic (exact) mass is 568 g/mol. The summed E-state index contributed by atoms with van der Waals surface area (Å²) in [5, 5.41) is 13.7. The highest BCUT2D eigenvalue weighted by Gasteiger charge is 2.36. The van der Waals surface area contributed by atoms with Gasteiger partial charge in [0.25, 0.3) is 0 Å². The molecule has 2 aliphatic rings. The van der Waals surface area contributed by atoms with Crippen LogP contribution in [0.5, 0.6) is 11.6 Å². The molecule has 0 bridgehead atoms. The van der Waals surface area contributed by atoms with Crippen LogP contribution in [0.25, 0.3) is 17.1 Å². The molecular formula is C33H36N4O5. The lowest BCUT2D eigenvalue weighted by Gasteiger charge is -2.42. The lowest BCUT2D eigenvalue weighted by molar-refractivity contribution is 0.0693. The second-order valence-corrected chi connectivity index (χ2v) is 11.7. The van der Waals surface area contributed by atoms with Crippen LogP contribution in [0.3, 0.4) is 0 Å². The summed E-state index contributed by atoms with van der Waals surface area (Å²) in [4.78, 5) is 19.0. The summed E-state index contributed by atoms with van der Waals surface area (Å²) in [7, 11) is 1.42. The number of carboxylic acids is 1. The van der Waals surface area contributed by atoms with Crippen molar-refractivity contribution in [2.24, 2.45) is 0 Å².